The summed E-state index contributed by atoms with van der Waals surface area (Å²) in [5.74, 6) is -0.740. The van der Waals surface area contributed by atoms with Gasteiger partial charge in [-0.05, 0) is 56.8 Å². The molecule has 0 radical (unpaired) electrons. The van der Waals surface area contributed by atoms with Crippen molar-refractivity contribution in [3.05, 3.63) is 131 Å². The highest BCUT2D eigenvalue weighted by Gasteiger charge is 2.29. The quantitative estimate of drug-likeness (QED) is 0.234. The van der Waals surface area contributed by atoms with Crippen LogP contribution in [0.5, 0.6) is 0 Å². The van der Waals surface area contributed by atoms with E-state index in [1.54, 1.807) is 4.90 Å². The molecule has 0 saturated carbocycles. The van der Waals surface area contributed by atoms with E-state index in [0.717, 1.165) is 27.8 Å². The highest BCUT2D eigenvalue weighted by molar-refractivity contribution is 5.95. The number of carbonyl (C=O) groups is 2. The van der Waals surface area contributed by atoms with E-state index in [1.165, 1.54) is 5.56 Å². The van der Waals surface area contributed by atoms with Crippen molar-refractivity contribution >= 4 is 11.9 Å². The molecule has 0 saturated heterocycles. The Balaban J connectivity index is 1.74. The number of benzene rings is 4. The summed E-state index contributed by atoms with van der Waals surface area (Å²) in [6, 6.07) is 33.2. The molecule has 0 aliphatic carbocycles. The highest BCUT2D eigenvalue weighted by atomic mass is 16.4. The molecule has 206 valence electrons. The van der Waals surface area contributed by atoms with Crippen LogP contribution in [0, 0.1) is 0 Å². The van der Waals surface area contributed by atoms with Crippen LogP contribution >= 0.6 is 0 Å². The van der Waals surface area contributed by atoms with E-state index in [-0.39, 0.29) is 17.7 Å². The largest absolute Gasteiger partial charge is 0.481 e. The molecule has 4 nitrogen and oxygen atoms in total. The standard InChI is InChI=1S/C36H39NO3/c1-25(2)27-13-11-26(12-14-27)24-37(35(40)31-19-21-32(22-20-31)36(3,4)5)33(23-34(38)39)30-17-15-29(16-18-30)28-9-7-6-8-10-28/h6-22,25,33H,23-24H2,1-5H3,(H,38,39). The van der Waals surface area contributed by atoms with Crippen LogP contribution in [0.25, 0.3) is 11.1 Å². The van der Waals surface area contributed by atoms with Crippen molar-refractivity contribution < 1.29 is 14.7 Å². The van der Waals surface area contributed by atoms with Gasteiger partial charge in [-0.1, -0.05) is 126 Å². The van der Waals surface area contributed by atoms with Crippen LogP contribution in [0.2, 0.25) is 0 Å². The molecule has 0 heterocycles. The number of hydrogen-bond donors (Lipinski definition) is 1. The van der Waals surface area contributed by atoms with Gasteiger partial charge in [0.1, 0.15) is 0 Å². The fourth-order valence-corrected chi connectivity index (χ4v) is 4.91. The molecule has 0 bridgehead atoms. The monoisotopic (exact) mass is 533 g/mol. The molecule has 4 heteroatoms. The van der Waals surface area contributed by atoms with Crippen LogP contribution < -0.4 is 0 Å². The van der Waals surface area contributed by atoms with E-state index in [9.17, 15) is 14.7 Å². The molecular weight excluding hydrogens is 494 g/mol. The Kier molecular flexibility index (Phi) is 8.89. The van der Waals surface area contributed by atoms with Gasteiger partial charge in [0.15, 0.2) is 0 Å². The van der Waals surface area contributed by atoms with Crippen LogP contribution in [-0.4, -0.2) is 21.9 Å². The Bertz CT molecular complexity index is 1420. The van der Waals surface area contributed by atoms with Crippen molar-refractivity contribution in [3.8, 4) is 11.1 Å². The summed E-state index contributed by atoms with van der Waals surface area (Å²) in [6.45, 7) is 11.0. The lowest BCUT2D eigenvalue weighted by molar-refractivity contribution is -0.138. The molecule has 40 heavy (non-hydrogen) atoms. The first-order valence-corrected chi connectivity index (χ1v) is 13.9. The molecule has 0 aromatic heterocycles. The number of aliphatic carboxylic acids is 1. The molecule has 1 amide bonds. The Labute approximate surface area is 238 Å². The van der Waals surface area contributed by atoms with E-state index in [0.29, 0.717) is 18.0 Å². The number of carboxylic acids is 1. The third kappa shape index (κ3) is 7.06. The summed E-state index contributed by atoms with van der Waals surface area (Å²) in [6.07, 6.45) is -0.194. The van der Waals surface area contributed by atoms with Crippen LogP contribution in [0.15, 0.2) is 103 Å². The first-order valence-electron chi connectivity index (χ1n) is 13.9. The summed E-state index contributed by atoms with van der Waals surface area (Å²) >= 11 is 0. The van der Waals surface area contributed by atoms with Gasteiger partial charge in [-0.2, -0.15) is 0 Å². The first-order chi connectivity index (χ1) is 19.0. The third-order valence-electron chi connectivity index (χ3n) is 7.40. The summed E-state index contributed by atoms with van der Waals surface area (Å²) in [7, 11) is 0. The van der Waals surface area contributed by atoms with Crippen molar-refractivity contribution in [1.82, 2.24) is 4.90 Å². The minimum Gasteiger partial charge on any atom is -0.481 e. The normalized spacial score (nSPS) is 12.2. The Hall–Kier alpha value is -4.18. The minimum atomic E-state index is -0.951. The van der Waals surface area contributed by atoms with Gasteiger partial charge in [0, 0.05) is 12.1 Å². The fourth-order valence-electron chi connectivity index (χ4n) is 4.91. The average molecular weight is 534 g/mol. The van der Waals surface area contributed by atoms with E-state index in [1.807, 2.05) is 91.0 Å². The molecule has 4 rings (SSSR count). The van der Waals surface area contributed by atoms with Gasteiger partial charge < -0.3 is 10.0 Å². The van der Waals surface area contributed by atoms with Crippen LogP contribution in [0.4, 0.5) is 0 Å². The molecule has 0 fully saturated rings. The predicted octanol–water partition coefficient (Wildman–Crippen LogP) is 8.63. The van der Waals surface area contributed by atoms with Gasteiger partial charge in [-0.3, -0.25) is 9.59 Å². The van der Waals surface area contributed by atoms with Gasteiger partial charge in [0.2, 0.25) is 0 Å². The molecule has 0 aliphatic rings. The second-order valence-electron chi connectivity index (χ2n) is 11.8. The van der Waals surface area contributed by atoms with Gasteiger partial charge in [0.05, 0.1) is 12.5 Å². The summed E-state index contributed by atoms with van der Waals surface area (Å²) < 4.78 is 0. The predicted molar refractivity (Wildman–Crippen MR) is 162 cm³/mol. The van der Waals surface area contributed by atoms with Crippen molar-refractivity contribution in [2.45, 2.75) is 65.0 Å². The lowest BCUT2D eigenvalue weighted by atomic mass is 9.86. The Morgan fingerprint density at radius 3 is 1.80 bits per heavy atom. The van der Waals surface area contributed by atoms with E-state index < -0.39 is 12.0 Å². The van der Waals surface area contributed by atoms with Crippen molar-refractivity contribution in [2.24, 2.45) is 0 Å². The van der Waals surface area contributed by atoms with Crippen molar-refractivity contribution in [1.29, 1.82) is 0 Å². The molecule has 0 aliphatic heterocycles. The van der Waals surface area contributed by atoms with Crippen molar-refractivity contribution in [2.75, 3.05) is 0 Å². The van der Waals surface area contributed by atoms with E-state index in [4.69, 9.17) is 0 Å². The maximum atomic E-state index is 14.1. The number of rotatable bonds is 9. The zero-order chi connectivity index (χ0) is 28.9. The van der Waals surface area contributed by atoms with E-state index in [2.05, 4.69) is 46.8 Å². The van der Waals surface area contributed by atoms with Crippen LogP contribution in [0.1, 0.15) is 85.6 Å². The Morgan fingerprint density at radius 2 is 1.27 bits per heavy atom. The summed E-state index contributed by atoms with van der Waals surface area (Å²) in [5, 5.41) is 9.93. The number of amides is 1. The molecule has 0 spiro atoms. The highest BCUT2D eigenvalue weighted by Crippen LogP contribution is 2.31. The molecule has 1 unspecified atom stereocenters. The zero-order valence-electron chi connectivity index (χ0n) is 24.1. The SMILES string of the molecule is CC(C)c1ccc(CN(C(=O)c2ccc(C(C)(C)C)cc2)C(CC(=O)O)c2ccc(-c3ccccc3)cc2)cc1. The molecular formula is C36H39NO3. The number of carbonyl (C=O) groups excluding carboxylic acids is 1. The smallest absolute Gasteiger partial charge is 0.305 e. The third-order valence-corrected chi connectivity index (χ3v) is 7.40. The van der Waals surface area contributed by atoms with Gasteiger partial charge in [-0.25, -0.2) is 0 Å². The number of nitrogens with zero attached hydrogens (tertiary/aromatic N) is 1. The second-order valence-corrected chi connectivity index (χ2v) is 11.8. The zero-order valence-corrected chi connectivity index (χ0v) is 24.1. The van der Waals surface area contributed by atoms with Gasteiger partial charge in [-0.15, -0.1) is 0 Å². The summed E-state index contributed by atoms with van der Waals surface area (Å²) in [4.78, 5) is 27.9. The lowest BCUT2D eigenvalue weighted by Crippen LogP contribution is -2.36. The summed E-state index contributed by atoms with van der Waals surface area (Å²) in [5.41, 5.74) is 6.74. The van der Waals surface area contributed by atoms with Crippen LogP contribution in [-0.2, 0) is 16.8 Å². The van der Waals surface area contributed by atoms with Gasteiger partial charge in [0.25, 0.3) is 5.91 Å². The fraction of sp³-hybridized carbons (Fsp3) is 0.278. The first kappa shape index (κ1) is 28.8. The minimum absolute atomic E-state index is 0.0359. The average Bonchev–Trinajstić information content (AvgIpc) is 2.95. The van der Waals surface area contributed by atoms with Gasteiger partial charge >= 0.3 is 5.97 Å². The number of carboxylic acid groups (broad SMARTS) is 1. The molecule has 4 aromatic carbocycles. The topological polar surface area (TPSA) is 57.6 Å². The van der Waals surface area contributed by atoms with E-state index >= 15 is 0 Å². The second kappa shape index (κ2) is 12.3. The molecule has 1 N–H and O–H groups in total. The maximum Gasteiger partial charge on any atom is 0.305 e. The van der Waals surface area contributed by atoms with Crippen LogP contribution in [0.3, 0.4) is 0 Å². The Morgan fingerprint density at radius 1 is 0.725 bits per heavy atom. The lowest BCUT2D eigenvalue weighted by Gasteiger charge is -2.32. The maximum absolute atomic E-state index is 14.1. The molecule has 1 atom stereocenters. The van der Waals surface area contributed by atoms with Crippen molar-refractivity contribution in [3.63, 3.8) is 0 Å². The molecule has 4 aromatic rings. The number of hydrogen-bond acceptors (Lipinski definition) is 2.